The second kappa shape index (κ2) is 3.19. The molecular weight excluding hydrogens is 191 g/mol. The molecule has 0 N–H and O–H groups in total. The van der Waals surface area contributed by atoms with Crippen molar-refractivity contribution in [3.8, 4) is 0 Å². The number of rotatable bonds is 1. The molecule has 0 saturated heterocycles. The number of halogens is 1. The minimum Gasteiger partial charge on any atom is -0.297 e. The van der Waals surface area contributed by atoms with Crippen molar-refractivity contribution in [1.82, 2.24) is 9.38 Å². The molecule has 0 aliphatic carbocycles. The molecule has 2 aromatic rings. The van der Waals surface area contributed by atoms with Gasteiger partial charge in [-0.25, -0.2) is 9.37 Å². The third kappa shape index (κ3) is 1.44. The van der Waals surface area contributed by atoms with Gasteiger partial charge in [-0.3, -0.25) is 4.40 Å². The van der Waals surface area contributed by atoms with Crippen molar-refractivity contribution in [1.29, 1.82) is 0 Å². The van der Waals surface area contributed by atoms with Gasteiger partial charge in [0.15, 0.2) is 11.5 Å². The molecule has 0 unspecified atom stereocenters. The predicted molar refractivity (Wildman–Crippen MR) is 59.3 cm³/mol. The summed E-state index contributed by atoms with van der Waals surface area (Å²) in [6, 6.07) is 1.49. The lowest BCUT2D eigenvalue weighted by atomic mass is 10.2. The van der Waals surface area contributed by atoms with Crippen molar-refractivity contribution in [2.45, 2.75) is 20.8 Å². The lowest BCUT2D eigenvalue weighted by Gasteiger charge is -2.03. The van der Waals surface area contributed by atoms with Crippen LogP contribution in [0.2, 0.25) is 0 Å². The van der Waals surface area contributed by atoms with Crippen molar-refractivity contribution < 1.29 is 4.39 Å². The van der Waals surface area contributed by atoms with E-state index < -0.39 is 0 Å². The molecule has 0 saturated carbocycles. The van der Waals surface area contributed by atoms with E-state index >= 15 is 0 Å². The van der Waals surface area contributed by atoms with Crippen LogP contribution in [0.4, 0.5) is 4.39 Å². The molecule has 78 valence electrons. The first-order valence-electron chi connectivity index (χ1n) is 4.81. The molecule has 2 aromatic heterocycles. The average molecular weight is 204 g/mol. The number of imidazole rings is 1. The van der Waals surface area contributed by atoms with Crippen LogP contribution in [-0.2, 0) is 0 Å². The highest BCUT2D eigenvalue weighted by Gasteiger charge is 2.12. The predicted octanol–water partition coefficient (Wildman–Crippen LogP) is 3.12. The summed E-state index contributed by atoms with van der Waals surface area (Å²) in [6.45, 7) is 9.51. The largest absolute Gasteiger partial charge is 0.297 e. The average Bonchev–Trinajstić information content (AvgIpc) is 2.41. The summed E-state index contributed by atoms with van der Waals surface area (Å²) in [5, 5.41) is 0. The van der Waals surface area contributed by atoms with E-state index in [0.717, 1.165) is 22.5 Å². The van der Waals surface area contributed by atoms with E-state index in [1.807, 2.05) is 27.0 Å². The summed E-state index contributed by atoms with van der Waals surface area (Å²) in [5.74, 6) is -0.286. The van der Waals surface area contributed by atoms with Gasteiger partial charge in [-0.05, 0) is 38.0 Å². The van der Waals surface area contributed by atoms with E-state index in [0.29, 0.717) is 5.65 Å². The molecule has 0 radical (unpaired) electrons. The van der Waals surface area contributed by atoms with Gasteiger partial charge in [-0.2, -0.15) is 0 Å². The first-order valence-corrected chi connectivity index (χ1v) is 4.81. The Hall–Kier alpha value is -1.64. The van der Waals surface area contributed by atoms with E-state index in [9.17, 15) is 4.39 Å². The van der Waals surface area contributed by atoms with E-state index in [4.69, 9.17) is 0 Å². The first-order chi connectivity index (χ1) is 7.00. The molecule has 0 amide bonds. The molecule has 2 heterocycles. The molecule has 2 nitrogen and oxygen atoms in total. The van der Waals surface area contributed by atoms with Crippen LogP contribution in [0.1, 0.15) is 23.9 Å². The quantitative estimate of drug-likeness (QED) is 0.697. The van der Waals surface area contributed by atoms with Gasteiger partial charge in [0.05, 0.1) is 11.4 Å². The molecular formula is C12H13FN2. The number of nitrogens with zero attached hydrogens (tertiary/aromatic N) is 2. The second-order valence-electron chi connectivity index (χ2n) is 3.89. The summed E-state index contributed by atoms with van der Waals surface area (Å²) in [7, 11) is 0. The fourth-order valence-corrected chi connectivity index (χ4v) is 1.86. The second-order valence-corrected chi connectivity index (χ2v) is 3.89. The van der Waals surface area contributed by atoms with Crippen LogP contribution in [-0.4, -0.2) is 9.38 Å². The smallest absolute Gasteiger partial charge is 0.173 e. The maximum atomic E-state index is 13.6. The number of fused-ring (bicyclic) bond motifs is 1. The molecule has 0 aliphatic heterocycles. The van der Waals surface area contributed by atoms with Crippen LogP contribution < -0.4 is 0 Å². The molecule has 0 aliphatic rings. The Morgan fingerprint density at radius 3 is 2.73 bits per heavy atom. The van der Waals surface area contributed by atoms with Gasteiger partial charge in [0.2, 0.25) is 0 Å². The number of aryl methyl sites for hydroxylation is 2. The fraction of sp³-hybridized carbons (Fsp3) is 0.250. The van der Waals surface area contributed by atoms with Crippen LogP contribution in [0.25, 0.3) is 11.2 Å². The summed E-state index contributed by atoms with van der Waals surface area (Å²) >= 11 is 0. The lowest BCUT2D eigenvalue weighted by Crippen LogP contribution is -1.94. The Morgan fingerprint density at radius 1 is 1.47 bits per heavy atom. The van der Waals surface area contributed by atoms with Gasteiger partial charge >= 0.3 is 0 Å². The highest BCUT2D eigenvalue weighted by Crippen LogP contribution is 2.21. The highest BCUT2D eigenvalue weighted by atomic mass is 19.1. The van der Waals surface area contributed by atoms with Crippen LogP contribution in [0.5, 0.6) is 0 Å². The van der Waals surface area contributed by atoms with Crippen LogP contribution >= 0.6 is 0 Å². The molecule has 3 heteroatoms. The van der Waals surface area contributed by atoms with Crippen molar-refractivity contribution >= 4 is 11.2 Å². The summed E-state index contributed by atoms with van der Waals surface area (Å²) in [4.78, 5) is 4.20. The molecule has 0 atom stereocenters. The van der Waals surface area contributed by atoms with Crippen molar-refractivity contribution in [2.24, 2.45) is 0 Å². The first kappa shape index (κ1) is 9.90. The number of hydrogen-bond donors (Lipinski definition) is 0. The van der Waals surface area contributed by atoms with E-state index in [1.165, 1.54) is 6.07 Å². The van der Waals surface area contributed by atoms with Gasteiger partial charge in [0, 0.05) is 6.20 Å². The van der Waals surface area contributed by atoms with Crippen molar-refractivity contribution in [3.05, 3.63) is 41.6 Å². The standard InChI is InChI=1S/C12H13FN2/c1-7(2)11-9(4)14-12-10(13)5-8(3)6-15(11)12/h5-6H,1H2,2-4H3. The topological polar surface area (TPSA) is 17.3 Å². The third-order valence-corrected chi connectivity index (χ3v) is 2.39. The minimum atomic E-state index is -0.286. The van der Waals surface area contributed by atoms with E-state index in [2.05, 4.69) is 11.6 Å². The summed E-state index contributed by atoms with van der Waals surface area (Å²) < 4.78 is 15.4. The zero-order valence-corrected chi connectivity index (χ0v) is 9.13. The van der Waals surface area contributed by atoms with Gasteiger partial charge in [-0.15, -0.1) is 0 Å². The Labute approximate surface area is 88.1 Å². The van der Waals surface area contributed by atoms with Gasteiger partial charge in [-0.1, -0.05) is 6.58 Å². The van der Waals surface area contributed by atoms with Gasteiger partial charge in [0.25, 0.3) is 0 Å². The third-order valence-electron chi connectivity index (χ3n) is 2.39. The highest BCUT2D eigenvalue weighted by molar-refractivity contribution is 5.65. The number of allylic oxidation sites excluding steroid dienone is 1. The summed E-state index contributed by atoms with van der Waals surface area (Å²) in [6.07, 6.45) is 1.88. The molecule has 0 spiro atoms. The number of pyridine rings is 1. The maximum Gasteiger partial charge on any atom is 0.173 e. The normalized spacial score (nSPS) is 10.9. The molecule has 0 aromatic carbocycles. The number of hydrogen-bond acceptors (Lipinski definition) is 1. The van der Waals surface area contributed by atoms with E-state index in [-0.39, 0.29) is 5.82 Å². The Balaban J connectivity index is 2.93. The zero-order valence-electron chi connectivity index (χ0n) is 9.13. The molecule has 0 fully saturated rings. The minimum absolute atomic E-state index is 0.286. The monoisotopic (exact) mass is 204 g/mol. The zero-order chi connectivity index (χ0) is 11.2. The van der Waals surface area contributed by atoms with Crippen LogP contribution in [0.3, 0.4) is 0 Å². The number of aromatic nitrogens is 2. The molecule has 0 bridgehead atoms. The van der Waals surface area contributed by atoms with Gasteiger partial charge in [0.1, 0.15) is 0 Å². The van der Waals surface area contributed by atoms with Crippen molar-refractivity contribution in [2.75, 3.05) is 0 Å². The molecule has 2 rings (SSSR count). The SMILES string of the molecule is C=C(C)c1c(C)nc2c(F)cc(C)cn12. The van der Waals surface area contributed by atoms with Crippen molar-refractivity contribution in [3.63, 3.8) is 0 Å². The Bertz CT molecular complexity index is 552. The van der Waals surface area contributed by atoms with Crippen LogP contribution in [0, 0.1) is 19.7 Å². The Kier molecular flexibility index (Phi) is 2.11. The Morgan fingerprint density at radius 2 is 2.13 bits per heavy atom. The fourth-order valence-electron chi connectivity index (χ4n) is 1.86. The summed E-state index contributed by atoms with van der Waals surface area (Å²) in [5.41, 5.74) is 3.85. The van der Waals surface area contributed by atoms with E-state index in [1.54, 1.807) is 4.40 Å². The maximum absolute atomic E-state index is 13.6. The lowest BCUT2D eigenvalue weighted by molar-refractivity contribution is 0.628. The van der Waals surface area contributed by atoms with Gasteiger partial charge < -0.3 is 0 Å². The van der Waals surface area contributed by atoms with Crippen LogP contribution in [0.15, 0.2) is 18.8 Å². The molecule has 15 heavy (non-hydrogen) atoms.